The second-order valence-corrected chi connectivity index (χ2v) is 5.92. The minimum absolute atomic E-state index is 0.707. The highest BCUT2D eigenvalue weighted by atomic mass is 16.3. The van der Waals surface area contributed by atoms with Crippen molar-refractivity contribution in [3.63, 3.8) is 0 Å². The molecule has 1 aliphatic rings. The number of oxazole rings is 1. The van der Waals surface area contributed by atoms with Gasteiger partial charge in [0.25, 0.3) is 0 Å². The van der Waals surface area contributed by atoms with Gasteiger partial charge in [0.15, 0.2) is 0 Å². The van der Waals surface area contributed by atoms with Crippen LogP contribution < -0.4 is 5.32 Å². The molecule has 4 nitrogen and oxygen atoms in total. The zero-order valence-corrected chi connectivity index (χ0v) is 12.6. The third-order valence-electron chi connectivity index (χ3n) is 3.97. The highest BCUT2D eigenvalue weighted by Gasteiger charge is 2.16. The van der Waals surface area contributed by atoms with Gasteiger partial charge in [-0.2, -0.15) is 0 Å². The molecule has 1 saturated heterocycles. The summed E-state index contributed by atoms with van der Waals surface area (Å²) in [7, 11) is 2.16. The van der Waals surface area contributed by atoms with Gasteiger partial charge in [0.05, 0.1) is 5.69 Å². The van der Waals surface area contributed by atoms with E-state index in [1.54, 1.807) is 6.26 Å². The van der Waals surface area contributed by atoms with E-state index in [9.17, 15) is 0 Å². The third-order valence-corrected chi connectivity index (χ3v) is 3.97. The molecule has 3 rings (SSSR count). The van der Waals surface area contributed by atoms with Crippen LogP contribution in [0.1, 0.15) is 18.5 Å². The Bertz CT molecular complexity index is 546. The van der Waals surface area contributed by atoms with Crippen molar-refractivity contribution >= 4 is 0 Å². The maximum Gasteiger partial charge on any atom is 0.226 e. The lowest BCUT2D eigenvalue weighted by Gasteiger charge is -2.27. The Morgan fingerprint density at radius 3 is 2.95 bits per heavy atom. The molecule has 1 aromatic heterocycles. The van der Waals surface area contributed by atoms with Crippen molar-refractivity contribution in [2.75, 3.05) is 26.7 Å². The lowest BCUT2D eigenvalue weighted by atomic mass is 9.99. The molecular formula is C17H23N3O. The average molecular weight is 285 g/mol. The Labute approximate surface area is 126 Å². The van der Waals surface area contributed by atoms with Crippen LogP contribution in [-0.2, 0) is 6.54 Å². The van der Waals surface area contributed by atoms with Crippen LogP contribution in [0.3, 0.4) is 0 Å². The number of hydrogen-bond donors (Lipinski definition) is 1. The minimum atomic E-state index is 0.707. The van der Waals surface area contributed by atoms with Gasteiger partial charge in [-0.1, -0.05) is 18.2 Å². The number of rotatable bonds is 5. The molecule has 1 atom stereocenters. The first-order valence-electron chi connectivity index (χ1n) is 7.70. The quantitative estimate of drug-likeness (QED) is 0.917. The predicted molar refractivity (Wildman–Crippen MR) is 83.9 cm³/mol. The second kappa shape index (κ2) is 6.87. The van der Waals surface area contributed by atoms with Gasteiger partial charge >= 0.3 is 0 Å². The van der Waals surface area contributed by atoms with E-state index in [0.29, 0.717) is 5.89 Å². The standard InChI is InChI=1S/C17H23N3O/c1-20(11-14-6-5-9-18-10-14)12-16-13-21-17(19-16)15-7-3-2-4-8-15/h2-4,7-8,13-14,18H,5-6,9-12H2,1H3. The Morgan fingerprint density at radius 1 is 1.33 bits per heavy atom. The van der Waals surface area contributed by atoms with Gasteiger partial charge < -0.3 is 14.6 Å². The zero-order valence-electron chi connectivity index (χ0n) is 12.6. The molecule has 112 valence electrons. The summed E-state index contributed by atoms with van der Waals surface area (Å²) in [6.45, 7) is 4.26. The highest BCUT2D eigenvalue weighted by Crippen LogP contribution is 2.19. The molecule has 1 fully saturated rings. The number of hydrogen-bond acceptors (Lipinski definition) is 4. The van der Waals surface area contributed by atoms with Crippen LogP contribution in [0, 0.1) is 5.92 Å². The van der Waals surface area contributed by atoms with Gasteiger partial charge in [-0.25, -0.2) is 4.98 Å². The summed E-state index contributed by atoms with van der Waals surface area (Å²) in [5.41, 5.74) is 2.03. The molecule has 2 aromatic rings. The fourth-order valence-electron chi connectivity index (χ4n) is 2.95. The lowest BCUT2D eigenvalue weighted by molar-refractivity contribution is 0.235. The summed E-state index contributed by atoms with van der Waals surface area (Å²) in [5, 5.41) is 3.47. The zero-order chi connectivity index (χ0) is 14.5. The number of aromatic nitrogens is 1. The van der Waals surface area contributed by atoms with E-state index >= 15 is 0 Å². The fraction of sp³-hybridized carbons (Fsp3) is 0.471. The largest absolute Gasteiger partial charge is 0.444 e. The van der Waals surface area contributed by atoms with Crippen molar-refractivity contribution in [1.82, 2.24) is 15.2 Å². The van der Waals surface area contributed by atoms with Crippen LogP contribution in [0.25, 0.3) is 11.5 Å². The van der Waals surface area contributed by atoms with Crippen LogP contribution in [-0.4, -0.2) is 36.6 Å². The van der Waals surface area contributed by atoms with Gasteiger partial charge in [0.1, 0.15) is 6.26 Å². The van der Waals surface area contributed by atoms with Crippen LogP contribution >= 0.6 is 0 Å². The summed E-state index contributed by atoms with van der Waals surface area (Å²) in [6, 6.07) is 10.0. The van der Waals surface area contributed by atoms with Crippen molar-refractivity contribution in [2.24, 2.45) is 5.92 Å². The molecule has 0 aliphatic carbocycles. The topological polar surface area (TPSA) is 41.3 Å². The molecule has 1 aromatic carbocycles. The fourth-order valence-corrected chi connectivity index (χ4v) is 2.95. The Balaban J connectivity index is 1.56. The molecule has 0 amide bonds. The average Bonchev–Trinajstić information content (AvgIpc) is 2.97. The van der Waals surface area contributed by atoms with Crippen LogP contribution in [0.2, 0.25) is 0 Å². The van der Waals surface area contributed by atoms with E-state index in [-0.39, 0.29) is 0 Å². The molecular weight excluding hydrogens is 262 g/mol. The molecule has 1 aliphatic heterocycles. The van der Waals surface area contributed by atoms with E-state index in [4.69, 9.17) is 4.42 Å². The first-order chi connectivity index (χ1) is 10.3. The number of nitrogens with zero attached hydrogens (tertiary/aromatic N) is 2. The number of piperidine rings is 1. The number of benzene rings is 1. The maximum absolute atomic E-state index is 5.59. The summed E-state index contributed by atoms with van der Waals surface area (Å²) in [5.74, 6) is 1.46. The molecule has 1 unspecified atom stereocenters. The third kappa shape index (κ3) is 3.93. The maximum atomic E-state index is 5.59. The molecule has 4 heteroatoms. The molecule has 0 saturated carbocycles. The summed E-state index contributed by atoms with van der Waals surface area (Å²) in [6.07, 6.45) is 4.39. The Morgan fingerprint density at radius 2 is 2.19 bits per heavy atom. The van der Waals surface area contributed by atoms with Gasteiger partial charge in [0, 0.05) is 18.7 Å². The Hall–Kier alpha value is -1.65. The van der Waals surface area contributed by atoms with Crippen LogP contribution in [0.4, 0.5) is 0 Å². The first kappa shape index (κ1) is 14.3. The van der Waals surface area contributed by atoms with Gasteiger partial charge in [-0.15, -0.1) is 0 Å². The van der Waals surface area contributed by atoms with Crippen molar-refractivity contribution < 1.29 is 4.42 Å². The summed E-state index contributed by atoms with van der Waals surface area (Å²) in [4.78, 5) is 6.93. The van der Waals surface area contributed by atoms with E-state index in [1.165, 1.54) is 19.4 Å². The molecule has 0 bridgehead atoms. The summed E-state index contributed by atoms with van der Waals surface area (Å²) < 4.78 is 5.59. The first-order valence-corrected chi connectivity index (χ1v) is 7.70. The molecule has 0 radical (unpaired) electrons. The van der Waals surface area contributed by atoms with Crippen molar-refractivity contribution in [2.45, 2.75) is 19.4 Å². The smallest absolute Gasteiger partial charge is 0.226 e. The van der Waals surface area contributed by atoms with Crippen LogP contribution in [0.15, 0.2) is 41.0 Å². The lowest BCUT2D eigenvalue weighted by Crippen LogP contribution is -2.36. The monoisotopic (exact) mass is 285 g/mol. The molecule has 0 spiro atoms. The SMILES string of the molecule is CN(Cc1coc(-c2ccccc2)n1)CC1CCCNC1. The second-order valence-electron chi connectivity index (χ2n) is 5.92. The van der Waals surface area contributed by atoms with Crippen molar-refractivity contribution in [3.05, 3.63) is 42.3 Å². The number of nitrogens with one attached hydrogen (secondary N) is 1. The molecule has 1 N–H and O–H groups in total. The normalized spacial score (nSPS) is 19.0. The van der Waals surface area contributed by atoms with Crippen molar-refractivity contribution in [1.29, 1.82) is 0 Å². The molecule has 21 heavy (non-hydrogen) atoms. The van der Waals surface area contributed by atoms with Crippen LogP contribution in [0.5, 0.6) is 0 Å². The summed E-state index contributed by atoms with van der Waals surface area (Å²) >= 11 is 0. The van der Waals surface area contributed by atoms with Crippen molar-refractivity contribution in [3.8, 4) is 11.5 Å². The van der Waals surface area contributed by atoms with Gasteiger partial charge in [-0.05, 0) is 51.0 Å². The Kier molecular flexibility index (Phi) is 4.68. The highest BCUT2D eigenvalue weighted by molar-refractivity contribution is 5.52. The molecule has 2 heterocycles. The van der Waals surface area contributed by atoms with E-state index in [1.807, 2.05) is 30.3 Å². The van der Waals surface area contributed by atoms with E-state index in [0.717, 1.165) is 36.8 Å². The van der Waals surface area contributed by atoms with Gasteiger partial charge in [-0.3, -0.25) is 0 Å². The van der Waals surface area contributed by atoms with E-state index in [2.05, 4.69) is 22.2 Å². The minimum Gasteiger partial charge on any atom is -0.444 e. The van der Waals surface area contributed by atoms with E-state index < -0.39 is 0 Å². The van der Waals surface area contributed by atoms with Gasteiger partial charge in [0.2, 0.25) is 5.89 Å². The predicted octanol–water partition coefficient (Wildman–Crippen LogP) is 2.77.